The van der Waals surface area contributed by atoms with Gasteiger partial charge in [-0.05, 0) is 37.5 Å². The number of rotatable bonds is 2. The Morgan fingerprint density at radius 3 is 2.59 bits per heavy atom. The maximum atomic E-state index is 5.82. The van der Waals surface area contributed by atoms with E-state index in [4.69, 9.17) is 5.73 Å². The van der Waals surface area contributed by atoms with Gasteiger partial charge in [-0.25, -0.2) is 0 Å². The minimum Gasteiger partial charge on any atom is -0.397 e. The lowest BCUT2D eigenvalue weighted by molar-refractivity contribution is 1.12. The minimum absolute atomic E-state index is 0.716. The topological polar surface area (TPSA) is 38.9 Å². The van der Waals surface area contributed by atoms with E-state index >= 15 is 0 Å². The van der Waals surface area contributed by atoms with Gasteiger partial charge in [0.15, 0.2) is 0 Å². The fourth-order valence-corrected chi connectivity index (χ4v) is 2.10. The van der Waals surface area contributed by atoms with Crippen LogP contribution in [0.5, 0.6) is 0 Å². The lowest BCUT2D eigenvalue weighted by Gasteiger charge is -2.12. The molecule has 0 fully saturated rings. The van der Waals surface area contributed by atoms with Crippen LogP contribution in [0.25, 0.3) is 11.1 Å². The molecule has 17 heavy (non-hydrogen) atoms. The zero-order chi connectivity index (χ0) is 12.4. The van der Waals surface area contributed by atoms with Gasteiger partial charge in [0, 0.05) is 11.3 Å². The number of aromatic nitrogens is 1. The molecule has 1 aromatic carbocycles. The van der Waals surface area contributed by atoms with Crippen LogP contribution in [0, 0.1) is 13.8 Å². The number of benzene rings is 1. The van der Waals surface area contributed by atoms with Crippen molar-refractivity contribution in [2.24, 2.45) is 0 Å². The molecule has 0 aliphatic carbocycles. The Morgan fingerprint density at radius 1 is 1.12 bits per heavy atom. The Kier molecular flexibility index (Phi) is 3.14. The van der Waals surface area contributed by atoms with Gasteiger partial charge >= 0.3 is 0 Å². The molecule has 2 N–H and O–H groups in total. The number of nitrogens with zero attached hydrogens (tertiary/aromatic N) is 1. The van der Waals surface area contributed by atoms with Gasteiger partial charge in [0.25, 0.3) is 0 Å². The van der Waals surface area contributed by atoms with Crippen molar-refractivity contribution >= 4 is 5.69 Å². The van der Waals surface area contributed by atoms with Crippen molar-refractivity contribution in [1.82, 2.24) is 4.98 Å². The van der Waals surface area contributed by atoms with Gasteiger partial charge in [0.05, 0.1) is 11.9 Å². The zero-order valence-corrected chi connectivity index (χ0v) is 10.6. The molecule has 88 valence electrons. The second kappa shape index (κ2) is 4.58. The molecule has 0 saturated carbocycles. The van der Waals surface area contributed by atoms with Crippen LogP contribution in [0.3, 0.4) is 0 Å². The van der Waals surface area contributed by atoms with Crippen molar-refractivity contribution in [2.45, 2.75) is 27.2 Å². The Morgan fingerprint density at radius 2 is 1.88 bits per heavy atom. The summed E-state index contributed by atoms with van der Waals surface area (Å²) < 4.78 is 0. The summed E-state index contributed by atoms with van der Waals surface area (Å²) in [6.07, 6.45) is 2.73. The van der Waals surface area contributed by atoms with Gasteiger partial charge in [-0.3, -0.25) is 4.98 Å². The maximum absolute atomic E-state index is 5.82. The van der Waals surface area contributed by atoms with Gasteiger partial charge in [-0.2, -0.15) is 0 Å². The van der Waals surface area contributed by atoms with Crippen LogP contribution in [-0.2, 0) is 6.42 Å². The highest BCUT2D eigenvalue weighted by Crippen LogP contribution is 2.28. The number of hydrogen-bond donors (Lipinski definition) is 1. The number of aryl methyl sites for hydroxylation is 3. The molecule has 2 heteroatoms. The van der Waals surface area contributed by atoms with Crippen LogP contribution in [-0.4, -0.2) is 4.98 Å². The van der Waals surface area contributed by atoms with Crippen LogP contribution in [0.1, 0.15) is 23.7 Å². The van der Waals surface area contributed by atoms with Crippen LogP contribution in [0.4, 0.5) is 5.69 Å². The van der Waals surface area contributed by atoms with E-state index in [1.807, 2.05) is 13.0 Å². The Bertz CT molecular complexity index is 545. The third kappa shape index (κ3) is 2.31. The molecular formula is C15H18N2. The van der Waals surface area contributed by atoms with Crippen LogP contribution >= 0.6 is 0 Å². The Labute approximate surface area is 103 Å². The largest absolute Gasteiger partial charge is 0.397 e. The first-order chi connectivity index (χ1) is 8.11. The van der Waals surface area contributed by atoms with E-state index in [0.717, 1.165) is 17.7 Å². The van der Waals surface area contributed by atoms with Crippen LogP contribution in [0.15, 0.2) is 30.5 Å². The van der Waals surface area contributed by atoms with Crippen LogP contribution < -0.4 is 5.73 Å². The van der Waals surface area contributed by atoms with Gasteiger partial charge in [0.1, 0.15) is 0 Å². The number of nitrogens with two attached hydrogens (primary N) is 1. The first-order valence-corrected chi connectivity index (χ1v) is 5.94. The quantitative estimate of drug-likeness (QED) is 0.851. The molecule has 1 aromatic heterocycles. The first kappa shape index (κ1) is 11.6. The normalized spacial score (nSPS) is 10.5. The zero-order valence-electron chi connectivity index (χ0n) is 10.6. The van der Waals surface area contributed by atoms with Crippen molar-refractivity contribution in [1.29, 1.82) is 0 Å². The Hall–Kier alpha value is -1.83. The average Bonchev–Trinajstić information content (AvgIpc) is 2.32. The highest BCUT2D eigenvalue weighted by atomic mass is 14.7. The summed E-state index contributed by atoms with van der Waals surface area (Å²) in [7, 11) is 0. The SMILES string of the molecule is CCc1cc(C)ccc1-c1cc(N)cnc1C. The van der Waals surface area contributed by atoms with Gasteiger partial charge in [0.2, 0.25) is 0 Å². The lowest BCUT2D eigenvalue weighted by Crippen LogP contribution is -1.95. The summed E-state index contributed by atoms with van der Waals surface area (Å²) in [5.74, 6) is 0. The van der Waals surface area contributed by atoms with Crippen molar-refractivity contribution in [2.75, 3.05) is 5.73 Å². The first-order valence-electron chi connectivity index (χ1n) is 5.94. The minimum atomic E-state index is 0.716. The number of nitrogen functional groups attached to an aromatic ring is 1. The molecule has 0 atom stereocenters. The number of anilines is 1. The van der Waals surface area contributed by atoms with Crippen molar-refractivity contribution < 1.29 is 0 Å². The van der Waals surface area contributed by atoms with E-state index < -0.39 is 0 Å². The van der Waals surface area contributed by atoms with E-state index in [0.29, 0.717) is 5.69 Å². The monoisotopic (exact) mass is 226 g/mol. The third-order valence-corrected chi connectivity index (χ3v) is 3.04. The summed E-state index contributed by atoms with van der Waals surface area (Å²) in [4.78, 5) is 4.33. The Balaban J connectivity index is 2.63. The molecule has 2 rings (SSSR count). The van der Waals surface area contributed by atoms with E-state index in [2.05, 4.69) is 37.0 Å². The lowest BCUT2D eigenvalue weighted by atomic mass is 9.95. The molecular weight excluding hydrogens is 208 g/mol. The van der Waals surface area contributed by atoms with Crippen molar-refractivity contribution in [3.05, 3.63) is 47.3 Å². The predicted molar refractivity (Wildman–Crippen MR) is 72.9 cm³/mol. The smallest absolute Gasteiger partial charge is 0.0507 e. The molecule has 1 heterocycles. The molecule has 0 amide bonds. The van der Waals surface area contributed by atoms with Gasteiger partial charge in [-0.1, -0.05) is 30.7 Å². The van der Waals surface area contributed by atoms with E-state index in [9.17, 15) is 0 Å². The van der Waals surface area contributed by atoms with Crippen molar-refractivity contribution in [3.63, 3.8) is 0 Å². The molecule has 0 aliphatic heterocycles. The molecule has 0 unspecified atom stereocenters. The molecule has 2 nitrogen and oxygen atoms in total. The van der Waals surface area contributed by atoms with E-state index in [-0.39, 0.29) is 0 Å². The second-order valence-corrected chi connectivity index (χ2v) is 4.42. The highest BCUT2D eigenvalue weighted by molar-refractivity contribution is 5.72. The molecule has 0 spiro atoms. The summed E-state index contributed by atoms with van der Waals surface area (Å²) >= 11 is 0. The second-order valence-electron chi connectivity index (χ2n) is 4.42. The summed E-state index contributed by atoms with van der Waals surface area (Å²) in [6, 6.07) is 8.54. The van der Waals surface area contributed by atoms with E-state index in [1.54, 1.807) is 6.20 Å². The number of hydrogen-bond acceptors (Lipinski definition) is 2. The fourth-order valence-electron chi connectivity index (χ4n) is 2.10. The van der Waals surface area contributed by atoms with Crippen molar-refractivity contribution in [3.8, 4) is 11.1 Å². The molecule has 2 aromatic rings. The van der Waals surface area contributed by atoms with E-state index in [1.165, 1.54) is 16.7 Å². The van der Waals surface area contributed by atoms with Gasteiger partial charge in [-0.15, -0.1) is 0 Å². The summed E-state index contributed by atoms with van der Waals surface area (Å²) in [5.41, 5.74) is 12.6. The van der Waals surface area contributed by atoms with Crippen LogP contribution in [0.2, 0.25) is 0 Å². The average molecular weight is 226 g/mol. The standard InChI is InChI=1S/C15H18N2/c1-4-12-7-10(2)5-6-14(12)15-8-13(16)9-17-11(15)3/h5-9H,4,16H2,1-3H3. The number of pyridine rings is 1. The summed E-state index contributed by atoms with van der Waals surface area (Å²) in [5, 5.41) is 0. The third-order valence-electron chi connectivity index (χ3n) is 3.04. The molecule has 0 saturated heterocycles. The molecule has 0 aliphatic rings. The van der Waals surface area contributed by atoms with Gasteiger partial charge < -0.3 is 5.73 Å². The molecule has 0 radical (unpaired) electrons. The summed E-state index contributed by atoms with van der Waals surface area (Å²) in [6.45, 7) is 6.31. The fraction of sp³-hybridized carbons (Fsp3) is 0.267. The predicted octanol–water partition coefficient (Wildman–Crippen LogP) is 3.51. The maximum Gasteiger partial charge on any atom is 0.0507 e. The molecule has 0 bridgehead atoms. The highest BCUT2D eigenvalue weighted by Gasteiger charge is 2.08.